The summed E-state index contributed by atoms with van der Waals surface area (Å²) in [6, 6.07) is 11.5. The summed E-state index contributed by atoms with van der Waals surface area (Å²) in [5.74, 6) is 3.44. The van der Waals surface area contributed by atoms with Crippen LogP contribution >= 0.6 is 0 Å². The second kappa shape index (κ2) is 15.7. The minimum absolute atomic E-state index is 0.0435. The lowest BCUT2D eigenvalue weighted by Gasteiger charge is -2.40. The highest BCUT2D eigenvalue weighted by molar-refractivity contribution is 6.00. The van der Waals surface area contributed by atoms with Gasteiger partial charge in [-0.3, -0.25) is 9.59 Å². The number of likely N-dealkylation sites (tertiary alicyclic amines) is 2. The lowest BCUT2D eigenvalue weighted by Crippen LogP contribution is -2.56. The number of aryl methyl sites for hydroxylation is 1. The zero-order chi connectivity index (χ0) is 43.7. The van der Waals surface area contributed by atoms with E-state index in [4.69, 9.17) is 24.4 Å². The van der Waals surface area contributed by atoms with Crippen molar-refractivity contribution in [3.63, 3.8) is 0 Å². The zero-order valence-corrected chi connectivity index (χ0v) is 36.7. The van der Waals surface area contributed by atoms with Crippen LogP contribution in [0.15, 0.2) is 61.3 Å². The highest BCUT2D eigenvalue weighted by atomic mass is 16.5. The highest BCUT2D eigenvalue weighted by Gasteiger charge is 2.58. The van der Waals surface area contributed by atoms with Crippen LogP contribution in [0.1, 0.15) is 83.7 Å². The van der Waals surface area contributed by atoms with Crippen molar-refractivity contribution in [3.8, 4) is 33.6 Å². The number of hydrogen-bond donors (Lipinski definition) is 5. The van der Waals surface area contributed by atoms with Gasteiger partial charge in [0.05, 0.1) is 49.0 Å². The molecule has 0 radical (unpaired) electrons. The van der Waals surface area contributed by atoms with Crippen molar-refractivity contribution < 1.29 is 23.9 Å². The van der Waals surface area contributed by atoms with Crippen LogP contribution in [0.3, 0.4) is 0 Å². The Morgan fingerprint density at radius 3 is 1.82 bits per heavy atom. The van der Waals surface area contributed by atoms with E-state index in [2.05, 4.69) is 68.6 Å². The summed E-state index contributed by atoms with van der Waals surface area (Å²) in [6.45, 7) is 15.1. The number of hydrogen-bond acceptors (Lipinski definition) is 9. The first-order valence-corrected chi connectivity index (χ1v) is 21.9. The molecule has 4 fully saturated rings. The topological polar surface area (TPSA) is 186 Å². The molecule has 4 bridgehead atoms. The number of methoxy groups -OCH3 is 2. The predicted molar refractivity (Wildman–Crippen MR) is 235 cm³/mol. The third-order valence-corrected chi connectivity index (χ3v) is 14.1. The predicted octanol–water partition coefficient (Wildman–Crippen LogP) is 7.11. The Hall–Kier alpha value is -6.12. The molecule has 5 heterocycles. The van der Waals surface area contributed by atoms with Crippen molar-refractivity contribution in [3.05, 3.63) is 78.7 Å². The maximum Gasteiger partial charge on any atom is 0.407 e. The van der Waals surface area contributed by atoms with Crippen molar-refractivity contribution in [2.45, 2.75) is 96.3 Å². The van der Waals surface area contributed by atoms with Crippen LogP contribution < -0.4 is 10.6 Å². The van der Waals surface area contributed by atoms with Crippen molar-refractivity contribution in [2.24, 2.45) is 23.7 Å². The molecule has 5 aromatic rings. The van der Waals surface area contributed by atoms with E-state index in [1.165, 1.54) is 7.11 Å². The quantitative estimate of drug-likeness (QED) is 0.0771. The zero-order valence-electron chi connectivity index (χ0n) is 36.7. The number of amides is 3. The van der Waals surface area contributed by atoms with Gasteiger partial charge < -0.3 is 44.9 Å². The van der Waals surface area contributed by atoms with Gasteiger partial charge in [0, 0.05) is 24.2 Å². The SMILES string of the molecule is C=C(N[C@H](C(=O)N1C[C@H]2CC[C@@]1(c1ncc(-c3ccc(-c4ccc(-c5cnc([C@@]67CC[C@H](CN6C(=O)[C@@H](NC(=O)OC)C(C)C)C7)[nH]5)c5nc(C)[nH]c45)cc3)[nH]1)C2)C(C)C)OC. The summed E-state index contributed by atoms with van der Waals surface area (Å²) in [5.41, 5.74) is 6.38. The molecule has 9 rings (SSSR count). The fraction of sp³-hybridized carbons (Fsp3) is 0.489. The first-order chi connectivity index (χ1) is 29.7. The number of carbonyl (C=O) groups excluding carboxylic acids is 3. The molecule has 2 saturated heterocycles. The van der Waals surface area contributed by atoms with E-state index in [-0.39, 0.29) is 23.7 Å². The van der Waals surface area contributed by atoms with Gasteiger partial charge in [0.2, 0.25) is 11.8 Å². The van der Waals surface area contributed by atoms with Crippen LogP contribution in [0, 0.1) is 30.6 Å². The third-order valence-electron chi connectivity index (χ3n) is 14.1. The van der Waals surface area contributed by atoms with Gasteiger partial charge in [-0.15, -0.1) is 0 Å². The number of H-pyrrole nitrogens is 3. The average molecular weight is 843 g/mol. The van der Waals surface area contributed by atoms with Crippen LogP contribution in [-0.2, 0) is 30.1 Å². The van der Waals surface area contributed by atoms with Crippen LogP contribution in [0.25, 0.3) is 44.7 Å². The third kappa shape index (κ3) is 6.80. The first kappa shape index (κ1) is 41.2. The largest absolute Gasteiger partial charge is 0.483 e. The lowest BCUT2D eigenvalue weighted by atomic mass is 9.93. The van der Waals surface area contributed by atoms with Gasteiger partial charge in [-0.25, -0.2) is 19.7 Å². The Morgan fingerprint density at radius 2 is 1.27 bits per heavy atom. The first-order valence-electron chi connectivity index (χ1n) is 21.9. The van der Waals surface area contributed by atoms with E-state index in [9.17, 15) is 14.4 Å². The molecule has 2 aromatic carbocycles. The van der Waals surface area contributed by atoms with Gasteiger partial charge in [-0.2, -0.15) is 0 Å². The van der Waals surface area contributed by atoms with Crippen LogP contribution in [0.5, 0.6) is 0 Å². The van der Waals surface area contributed by atoms with E-state index in [1.54, 1.807) is 7.11 Å². The molecule has 4 aliphatic rings. The Morgan fingerprint density at radius 1 is 0.742 bits per heavy atom. The molecule has 3 amide bonds. The average Bonchev–Trinajstić information content (AvgIpc) is 4.13. The summed E-state index contributed by atoms with van der Waals surface area (Å²) < 4.78 is 10.1. The number of aromatic nitrogens is 6. The van der Waals surface area contributed by atoms with Gasteiger partial charge in [-0.1, -0.05) is 58.0 Å². The van der Waals surface area contributed by atoms with E-state index >= 15 is 0 Å². The molecular weight excluding hydrogens is 785 g/mol. The molecule has 0 spiro atoms. The molecule has 2 aliphatic carbocycles. The Labute approximate surface area is 361 Å². The molecule has 326 valence electrons. The number of aromatic amines is 3. The number of rotatable bonds is 13. The van der Waals surface area contributed by atoms with Crippen LogP contribution in [-0.4, -0.2) is 97.0 Å². The highest BCUT2D eigenvalue weighted by Crippen LogP contribution is 2.54. The lowest BCUT2D eigenvalue weighted by molar-refractivity contribution is -0.141. The molecule has 0 unspecified atom stereocenters. The second-order valence-corrected chi connectivity index (χ2v) is 18.6. The van der Waals surface area contributed by atoms with Gasteiger partial charge in [0.25, 0.3) is 0 Å². The summed E-state index contributed by atoms with van der Waals surface area (Å²) in [7, 11) is 2.86. The number of imidazole rings is 3. The molecule has 15 heteroatoms. The maximum atomic E-state index is 14.1. The molecule has 6 atom stereocenters. The Kier molecular flexibility index (Phi) is 10.4. The normalized spacial score (nSPS) is 23.7. The molecule has 2 aliphatic heterocycles. The summed E-state index contributed by atoms with van der Waals surface area (Å²) in [5, 5.41) is 5.97. The number of alkyl carbamates (subject to hydrolysis) is 1. The number of carbonyl (C=O) groups is 3. The number of nitrogens with one attached hydrogen (secondary N) is 5. The monoisotopic (exact) mass is 842 g/mol. The standard InChI is InChI=1S/C47H58N10O5/c1-25(2)37(52-28(6)61-7)41(58)56-23-29-15-17-46(56,19-29)43-48-21-35(53-43)32-11-9-31(10-12-32)33-13-14-34(40-39(33)50-27(5)51-40)36-22-49-44(54-36)47-18-16-30(20-47)24-57(47)42(59)38(26(3)4)55-45(60)62-8/h9-14,21-22,25-26,29-30,37-38,52H,6,15-20,23-24H2,1-5,7-8H3,(H,48,53)(H,49,54)(H,50,51)(H,55,60)/t29-,30-,37-,38-,46-,47-/m0/s1. The van der Waals surface area contributed by atoms with Crippen molar-refractivity contribution in [1.82, 2.24) is 50.3 Å². The van der Waals surface area contributed by atoms with Gasteiger partial charge >= 0.3 is 6.09 Å². The fourth-order valence-electron chi connectivity index (χ4n) is 10.9. The number of benzene rings is 2. The van der Waals surface area contributed by atoms with E-state index in [0.717, 1.165) is 101 Å². The summed E-state index contributed by atoms with van der Waals surface area (Å²) in [4.78, 5) is 70.0. The van der Waals surface area contributed by atoms with Crippen molar-refractivity contribution in [1.29, 1.82) is 0 Å². The molecule has 15 nitrogen and oxygen atoms in total. The van der Waals surface area contributed by atoms with Gasteiger partial charge in [0.15, 0.2) is 5.88 Å². The number of fused-ring (bicyclic) bond motifs is 5. The van der Waals surface area contributed by atoms with Crippen LogP contribution in [0.2, 0.25) is 0 Å². The van der Waals surface area contributed by atoms with Crippen molar-refractivity contribution in [2.75, 3.05) is 27.3 Å². The van der Waals surface area contributed by atoms with Gasteiger partial charge in [-0.05, 0) is 92.9 Å². The summed E-state index contributed by atoms with van der Waals surface area (Å²) >= 11 is 0. The smallest absolute Gasteiger partial charge is 0.407 e. The Bertz CT molecular complexity index is 2540. The fourth-order valence-corrected chi connectivity index (χ4v) is 10.9. The molecular formula is C47H58N10O5. The van der Waals surface area contributed by atoms with Gasteiger partial charge in [0.1, 0.15) is 40.6 Å². The Balaban J connectivity index is 0.965. The number of piperidine rings is 2. The summed E-state index contributed by atoms with van der Waals surface area (Å²) in [6.07, 6.45) is 8.58. The minimum Gasteiger partial charge on any atom is -0.483 e. The molecule has 3 aromatic heterocycles. The van der Waals surface area contributed by atoms with E-state index in [0.29, 0.717) is 30.8 Å². The minimum atomic E-state index is -0.706. The molecule has 5 N–H and O–H groups in total. The maximum absolute atomic E-state index is 14.1. The van der Waals surface area contributed by atoms with Crippen molar-refractivity contribution >= 4 is 28.9 Å². The molecule has 2 saturated carbocycles. The number of ether oxygens (including phenoxy) is 2. The van der Waals surface area contributed by atoms with E-state index in [1.807, 2.05) is 56.8 Å². The second-order valence-electron chi connectivity index (χ2n) is 18.6. The number of nitrogens with zero attached hydrogens (tertiary/aromatic N) is 5. The van der Waals surface area contributed by atoms with E-state index < -0.39 is 29.3 Å². The van der Waals surface area contributed by atoms with Crippen LogP contribution in [0.4, 0.5) is 4.79 Å². The molecule has 62 heavy (non-hydrogen) atoms.